The molecule has 0 fully saturated rings. The maximum absolute atomic E-state index is 8.10. The zero-order chi connectivity index (χ0) is 17.4. The van der Waals surface area contributed by atoms with E-state index < -0.39 is 0 Å². The normalized spacial score (nSPS) is 12.8. The van der Waals surface area contributed by atoms with Crippen molar-refractivity contribution in [3.05, 3.63) is 40.4 Å². The molecule has 3 rings (SSSR count). The first-order valence-electron chi connectivity index (χ1n) is 6.94. The van der Waals surface area contributed by atoms with Crippen molar-refractivity contribution >= 4 is 40.7 Å². The summed E-state index contributed by atoms with van der Waals surface area (Å²) in [5, 5.41) is 19.1. The van der Waals surface area contributed by atoms with Crippen LogP contribution in [0.15, 0.2) is 34.1 Å². The quantitative estimate of drug-likeness (QED) is 0.624. The largest absolute Gasteiger partial charge is 0.495 e. The number of para-hydroxylation sites is 1. The van der Waals surface area contributed by atoms with E-state index in [1.807, 2.05) is 18.2 Å². The molecule has 0 radical (unpaired) electrons. The van der Waals surface area contributed by atoms with Gasteiger partial charge in [0.2, 0.25) is 0 Å². The van der Waals surface area contributed by atoms with Crippen LogP contribution >= 0.6 is 23.4 Å². The van der Waals surface area contributed by atoms with E-state index in [-0.39, 0.29) is 11.7 Å². The second-order valence-electron chi connectivity index (χ2n) is 4.97. The molecule has 24 heavy (non-hydrogen) atoms. The molecule has 2 aromatic carbocycles. The van der Waals surface area contributed by atoms with Crippen LogP contribution in [-0.4, -0.2) is 25.9 Å². The van der Waals surface area contributed by atoms with Crippen molar-refractivity contribution in [1.82, 2.24) is 5.32 Å². The van der Waals surface area contributed by atoms with Crippen molar-refractivity contribution in [3.8, 4) is 11.5 Å². The summed E-state index contributed by atoms with van der Waals surface area (Å²) in [5.74, 6) is 0.889. The third-order valence-electron chi connectivity index (χ3n) is 3.60. The number of nitrogens with two attached hydrogens (primary N) is 1. The summed E-state index contributed by atoms with van der Waals surface area (Å²) in [5.41, 5.74) is 7.51. The van der Waals surface area contributed by atoms with Crippen molar-refractivity contribution < 1.29 is 9.47 Å². The molecular weight excluding hydrogens is 348 g/mol. The number of nitrogen functional groups attached to an aromatic ring is 1. The smallest absolute Gasteiger partial charge is 0.150 e. The van der Waals surface area contributed by atoms with Gasteiger partial charge in [-0.1, -0.05) is 35.5 Å². The lowest BCUT2D eigenvalue weighted by atomic mass is 10.1. The summed E-state index contributed by atoms with van der Waals surface area (Å²) < 4.78 is 10.9. The van der Waals surface area contributed by atoms with Crippen LogP contribution in [0.25, 0.3) is 0 Å². The van der Waals surface area contributed by atoms with Crippen LogP contribution < -0.4 is 20.5 Å². The van der Waals surface area contributed by atoms with E-state index in [0.717, 1.165) is 4.90 Å². The molecule has 0 unspecified atom stereocenters. The highest BCUT2D eigenvalue weighted by Crippen LogP contribution is 2.50. The van der Waals surface area contributed by atoms with Crippen molar-refractivity contribution in [1.29, 1.82) is 10.8 Å². The highest BCUT2D eigenvalue weighted by molar-refractivity contribution is 7.99. The third kappa shape index (κ3) is 2.46. The molecule has 0 saturated heterocycles. The molecule has 0 saturated carbocycles. The molecule has 124 valence electrons. The maximum Gasteiger partial charge on any atom is 0.150 e. The molecule has 8 heteroatoms. The number of methoxy groups -OCH3 is 2. The Labute approximate surface area is 148 Å². The van der Waals surface area contributed by atoms with Crippen molar-refractivity contribution in [2.24, 2.45) is 0 Å². The van der Waals surface area contributed by atoms with Crippen LogP contribution in [0.4, 0.5) is 5.69 Å². The Kier molecular flexibility index (Phi) is 4.29. The fourth-order valence-electron chi connectivity index (χ4n) is 2.54. The predicted molar refractivity (Wildman–Crippen MR) is 96.3 cm³/mol. The number of ether oxygens (including phenoxy) is 2. The van der Waals surface area contributed by atoms with E-state index in [1.165, 1.54) is 26.0 Å². The van der Waals surface area contributed by atoms with Crippen LogP contribution in [0.1, 0.15) is 11.1 Å². The molecule has 1 heterocycles. The first-order valence-corrected chi connectivity index (χ1v) is 8.13. The average Bonchev–Trinajstić information content (AvgIpc) is 2.85. The number of fused-ring (bicyclic) bond motifs is 1. The molecule has 0 atom stereocenters. The first-order chi connectivity index (χ1) is 11.5. The van der Waals surface area contributed by atoms with Crippen molar-refractivity contribution in [2.75, 3.05) is 20.0 Å². The number of halogens is 1. The van der Waals surface area contributed by atoms with E-state index >= 15 is 0 Å². The lowest BCUT2D eigenvalue weighted by Gasteiger charge is -2.18. The fourth-order valence-corrected chi connectivity index (χ4v) is 3.93. The molecule has 0 spiro atoms. The van der Waals surface area contributed by atoms with Gasteiger partial charge in [0.05, 0.1) is 30.2 Å². The molecule has 0 bridgehead atoms. The van der Waals surface area contributed by atoms with Gasteiger partial charge in [-0.3, -0.25) is 10.8 Å². The number of hydrogen-bond donors (Lipinski definition) is 4. The molecule has 0 amide bonds. The summed E-state index contributed by atoms with van der Waals surface area (Å²) in [6.07, 6.45) is 0. The minimum absolute atomic E-state index is 0.0582. The highest BCUT2D eigenvalue weighted by atomic mass is 35.5. The Morgan fingerprint density at radius 2 is 1.62 bits per heavy atom. The van der Waals surface area contributed by atoms with Gasteiger partial charge in [-0.15, -0.1) is 0 Å². The Morgan fingerprint density at radius 1 is 1.04 bits per heavy atom. The van der Waals surface area contributed by atoms with Crippen LogP contribution in [0.2, 0.25) is 5.02 Å². The molecule has 2 aromatic rings. The summed E-state index contributed by atoms with van der Waals surface area (Å²) >= 11 is 7.86. The summed E-state index contributed by atoms with van der Waals surface area (Å²) in [6.45, 7) is 0. The van der Waals surface area contributed by atoms with E-state index in [9.17, 15) is 0 Å². The highest BCUT2D eigenvalue weighted by Gasteiger charge is 2.34. The fraction of sp³-hybridized carbons (Fsp3) is 0.125. The standard InChI is InChI=1S/C16H15ClN4O2S/c1-22-12-9-10(16(20)21-15(9)19)13(23-2)14(11(12)17)24-8-6-4-3-5-7(8)18/h3-6H,18H2,1-2H3,(H3,19,20,21). The number of amidine groups is 2. The van der Waals surface area contributed by atoms with Crippen molar-refractivity contribution in [3.63, 3.8) is 0 Å². The van der Waals surface area contributed by atoms with E-state index in [2.05, 4.69) is 5.32 Å². The maximum atomic E-state index is 8.10. The second kappa shape index (κ2) is 6.26. The van der Waals surface area contributed by atoms with Gasteiger partial charge < -0.3 is 20.5 Å². The SMILES string of the molecule is COc1c(Cl)c(Sc2ccccc2N)c(OC)c2c1C(=N)NC2=N. The number of nitrogens with one attached hydrogen (secondary N) is 3. The second-order valence-corrected chi connectivity index (χ2v) is 6.40. The van der Waals surface area contributed by atoms with Gasteiger partial charge in [0.25, 0.3) is 0 Å². The predicted octanol–water partition coefficient (Wildman–Crippen LogP) is 3.34. The third-order valence-corrected chi connectivity index (χ3v) is 5.26. The zero-order valence-corrected chi connectivity index (χ0v) is 14.6. The van der Waals surface area contributed by atoms with E-state index in [0.29, 0.717) is 38.2 Å². The van der Waals surface area contributed by atoms with Gasteiger partial charge in [0.15, 0.2) is 5.75 Å². The van der Waals surface area contributed by atoms with Gasteiger partial charge in [0, 0.05) is 10.6 Å². The molecule has 1 aliphatic rings. The van der Waals surface area contributed by atoms with Crippen LogP contribution in [0.5, 0.6) is 11.5 Å². The van der Waals surface area contributed by atoms with Crippen LogP contribution in [0, 0.1) is 10.8 Å². The first kappa shape index (κ1) is 16.5. The number of benzene rings is 2. The van der Waals surface area contributed by atoms with Gasteiger partial charge in [-0.25, -0.2) is 0 Å². The van der Waals surface area contributed by atoms with Crippen LogP contribution in [0.3, 0.4) is 0 Å². The molecule has 5 N–H and O–H groups in total. The van der Waals surface area contributed by atoms with Gasteiger partial charge in [0.1, 0.15) is 22.4 Å². The molecule has 6 nitrogen and oxygen atoms in total. The van der Waals surface area contributed by atoms with E-state index in [1.54, 1.807) is 6.07 Å². The van der Waals surface area contributed by atoms with Crippen LogP contribution in [-0.2, 0) is 0 Å². The Hall–Kier alpha value is -2.38. The number of anilines is 1. The Morgan fingerprint density at radius 3 is 2.21 bits per heavy atom. The lowest BCUT2D eigenvalue weighted by molar-refractivity contribution is 0.393. The Bertz CT molecular complexity index is 870. The van der Waals surface area contributed by atoms with E-state index in [4.69, 9.17) is 37.6 Å². The molecule has 0 aliphatic carbocycles. The number of hydrogen-bond acceptors (Lipinski definition) is 6. The Balaban J connectivity index is 2.27. The molecule has 0 aromatic heterocycles. The molecule has 1 aliphatic heterocycles. The minimum atomic E-state index is 0.0582. The minimum Gasteiger partial charge on any atom is -0.495 e. The van der Waals surface area contributed by atoms with Gasteiger partial charge in [-0.05, 0) is 12.1 Å². The topological polar surface area (TPSA) is 104 Å². The average molecular weight is 363 g/mol. The zero-order valence-electron chi connectivity index (χ0n) is 13.0. The van der Waals surface area contributed by atoms with Gasteiger partial charge in [-0.2, -0.15) is 0 Å². The number of rotatable bonds is 4. The van der Waals surface area contributed by atoms with Crippen molar-refractivity contribution in [2.45, 2.75) is 9.79 Å². The molecular formula is C16H15ClN4O2S. The summed E-state index contributed by atoms with van der Waals surface area (Å²) in [4.78, 5) is 1.40. The van der Waals surface area contributed by atoms with Gasteiger partial charge >= 0.3 is 0 Å². The monoisotopic (exact) mass is 362 g/mol. The summed E-state index contributed by atoms with van der Waals surface area (Å²) in [7, 11) is 2.99. The summed E-state index contributed by atoms with van der Waals surface area (Å²) in [6, 6.07) is 7.40. The lowest BCUT2D eigenvalue weighted by Crippen LogP contribution is -2.20.